The predicted octanol–water partition coefficient (Wildman–Crippen LogP) is 2.72. The average molecular weight is 269 g/mol. The number of nitrogens with zero attached hydrogens (tertiary/aromatic N) is 2. The third-order valence-electron chi connectivity index (χ3n) is 2.82. The number of benzene rings is 1. The van der Waals surface area contributed by atoms with Gasteiger partial charge in [-0.1, -0.05) is 29.8 Å². The molecule has 0 atom stereocenters. The van der Waals surface area contributed by atoms with Gasteiger partial charge in [0.05, 0.1) is 12.7 Å². The number of hydrogen-bond donors (Lipinski definition) is 1. The summed E-state index contributed by atoms with van der Waals surface area (Å²) >= 11 is 0. The molecule has 19 heavy (non-hydrogen) atoms. The third-order valence-corrected chi connectivity index (χ3v) is 2.82. The Balaban J connectivity index is 2.38. The molecule has 0 saturated carbocycles. The summed E-state index contributed by atoms with van der Waals surface area (Å²) in [6.07, 6.45) is -3.27. The van der Waals surface area contributed by atoms with Crippen molar-refractivity contribution >= 4 is 0 Å². The van der Waals surface area contributed by atoms with E-state index in [1.807, 2.05) is 25.1 Å². The molecule has 1 heterocycles. The van der Waals surface area contributed by atoms with E-state index in [4.69, 9.17) is 5.73 Å². The van der Waals surface area contributed by atoms with Crippen molar-refractivity contribution in [3.05, 3.63) is 52.8 Å². The molecular weight excluding hydrogens is 255 g/mol. The lowest BCUT2D eigenvalue weighted by Crippen LogP contribution is -2.18. The SMILES string of the molecule is Cc1cccc(Cn2ncc(CN)c2C(F)(F)F)c1. The highest BCUT2D eigenvalue weighted by molar-refractivity contribution is 5.25. The van der Waals surface area contributed by atoms with Crippen LogP contribution in [-0.4, -0.2) is 9.78 Å². The number of aryl methyl sites for hydroxylation is 1. The van der Waals surface area contributed by atoms with Crippen LogP contribution in [0.25, 0.3) is 0 Å². The Hall–Kier alpha value is -1.82. The Morgan fingerprint density at radius 3 is 2.63 bits per heavy atom. The van der Waals surface area contributed by atoms with Gasteiger partial charge in [0, 0.05) is 12.1 Å². The van der Waals surface area contributed by atoms with Crippen LogP contribution < -0.4 is 5.73 Å². The molecule has 0 aliphatic carbocycles. The van der Waals surface area contributed by atoms with E-state index in [1.54, 1.807) is 6.07 Å². The fourth-order valence-electron chi connectivity index (χ4n) is 2.01. The molecule has 3 nitrogen and oxygen atoms in total. The first-order valence-electron chi connectivity index (χ1n) is 5.79. The molecule has 6 heteroatoms. The second-order valence-corrected chi connectivity index (χ2v) is 4.37. The molecule has 0 fully saturated rings. The van der Waals surface area contributed by atoms with Crippen molar-refractivity contribution in [2.75, 3.05) is 0 Å². The van der Waals surface area contributed by atoms with E-state index in [0.717, 1.165) is 15.8 Å². The van der Waals surface area contributed by atoms with Crippen molar-refractivity contribution in [2.24, 2.45) is 5.73 Å². The number of hydrogen-bond acceptors (Lipinski definition) is 2. The van der Waals surface area contributed by atoms with E-state index in [9.17, 15) is 13.2 Å². The normalized spacial score (nSPS) is 11.8. The van der Waals surface area contributed by atoms with Crippen LogP contribution in [0, 0.1) is 6.92 Å². The number of halogens is 3. The molecule has 0 spiro atoms. The first kappa shape index (κ1) is 13.6. The fourth-order valence-corrected chi connectivity index (χ4v) is 2.01. The molecule has 102 valence electrons. The standard InChI is InChI=1S/C13H14F3N3/c1-9-3-2-4-10(5-9)8-19-12(13(14,15)16)11(6-17)7-18-19/h2-5,7H,6,8,17H2,1H3. The largest absolute Gasteiger partial charge is 0.433 e. The van der Waals surface area contributed by atoms with Gasteiger partial charge in [0.25, 0.3) is 0 Å². The maximum atomic E-state index is 13.0. The molecule has 2 N–H and O–H groups in total. The van der Waals surface area contributed by atoms with Crippen molar-refractivity contribution in [3.8, 4) is 0 Å². The van der Waals surface area contributed by atoms with E-state index in [2.05, 4.69) is 5.10 Å². The quantitative estimate of drug-likeness (QED) is 0.931. The van der Waals surface area contributed by atoms with Gasteiger partial charge < -0.3 is 5.73 Å². The molecule has 2 aromatic rings. The molecule has 1 aromatic carbocycles. The predicted molar refractivity (Wildman–Crippen MR) is 65.4 cm³/mol. The molecule has 1 aromatic heterocycles. The van der Waals surface area contributed by atoms with E-state index in [-0.39, 0.29) is 18.7 Å². The van der Waals surface area contributed by atoms with Gasteiger partial charge in [0.2, 0.25) is 0 Å². The molecule has 0 saturated heterocycles. The first-order chi connectivity index (χ1) is 8.91. The molecule has 0 bridgehead atoms. The Morgan fingerprint density at radius 1 is 1.32 bits per heavy atom. The fraction of sp³-hybridized carbons (Fsp3) is 0.308. The van der Waals surface area contributed by atoms with Crippen molar-refractivity contribution in [2.45, 2.75) is 26.2 Å². The van der Waals surface area contributed by atoms with Crippen LogP contribution >= 0.6 is 0 Å². The zero-order chi connectivity index (χ0) is 14.0. The van der Waals surface area contributed by atoms with Crippen molar-refractivity contribution in [3.63, 3.8) is 0 Å². The van der Waals surface area contributed by atoms with Gasteiger partial charge in [-0.25, -0.2) is 0 Å². The lowest BCUT2D eigenvalue weighted by atomic mass is 10.1. The van der Waals surface area contributed by atoms with Crippen LogP contribution in [0.4, 0.5) is 13.2 Å². The summed E-state index contributed by atoms with van der Waals surface area (Å²) in [5, 5.41) is 3.80. The summed E-state index contributed by atoms with van der Waals surface area (Å²) in [5.41, 5.74) is 6.34. The van der Waals surface area contributed by atoms with E-state index in [0.29, 0.717) is 0 Å². The number of nitrogens with two attached hydrogens (primary N) is 1. The summed E-state index contributed by atoms with van der Waals surface area (Å²) in [6, 6.07) is 7.31. The minimum Gasteiger partial charge on any atom is -0.326 e. The van der Waals surface area contributed by atoms with Gasteiger partial charge in [-0.2, -0.15) is 18.3 Å². The first-order valence-corrected chi connectivity index (χ1v) is 5.79. The van der Waals surface area contributed by atoms with E-state index in [1.165, 1.54) is 6.20 Å². The van der Waals surface area contributed by atoms with Gasteiger partial charge in [0.1, 0.15) is 5.69 Å². The molecule has 0 unspecified atom stereocenters. The number of aromatic nitrogens is 2. The second kappa shape index (κ2) is 5.05. The molecule has 0 aliphatic heterocycles. The van der Waals surface area contributed by atoms with Gasteiger partial charge in [0.15, 0.2) is 0 Å². The highest BCUT2D eigenvalue weighted by Crippen LogP contribution is 2.32. The smallest absolute Gasteiger partial charge is 0.326 e. The summed E-state index contributed by atoms with van der Waals surface area (Å²) in [4.78, 5) is 0. The van der Waals surface area contributed by atoms with Crippen LogP contribution in [0.3, 0.4) is 0 Å². The summed E-state index contributed by atoms with van der Waals surface area (Å²) in [7, 11) is 0. The van der Waals surface area contributed by atoms with Gasteiger partial charge in [-0.3, -0.25) is 4.68 Å². The topological polar surface area (TPSA) is 43.8 Å². The summed E-state index contributed by atoms with van der Waals surface area (Å²) < 4.78 is 39.9. The van der Waals surface area contributed by atoms with Crippen molar-refractivity contribution < 1.29 is 13.2 Å². The van der Waals surface area contributed by atoms with E-state index >= 15 is 0 Å². The highest BCUT2D eigenvalue weighted by atomic mass is 19.4. The van der Waals surface area contributed by atoms with E-state index < -0.39 is 11.9 Å². The Bertz CT molecular complexity index is 573. The maximum absolute atomic E-state index is 13.0. The van der Waals surface area contributed by atoms with Gasteiger partial charge in [-0.15, -0.1) is 0 Å². The summed E-state index contributed by atoms with van der Waals surface area (Å²) in [6.45, 7) is 1.79. The zero-order valence-electron chi connectivity index (χ0n) is 10.4. The second-order valence-electron chi connectivity index (χ2n) is 4.37. The average Bonchev–Trinajstić information content (AvgIpc) is 2.71. The Kier molecular flexibility index (Phi) is 3.61. The third kappa shape index (κ3) is 2.96. The molecule has 0 radical (unpaired) electrons. The summed E-state index contributed by atoms with van der Waals surface area (Å²) in [5.74, 6) is 0. The van der Waals surface area contributed by atoms with Crippen LogP contribution in [0.5, 0.6) is 0 Å². The maximum Gasteiger partial charge on any atom is 0.433 e. The monoisotopic (exact) mass is 269 g/mol. The molecule has 2 rings (SSSR count). The molecule has 0 amide bonds. The van der Waals surface area contributed by atoms with Crippen LogP contribution in [0.2, 0.25) is 0 Å². The zero-order valence-corrected chi connectivity index (χ0v) is 10.4. The number of rotatable bonds is 3. The van der Waals surface area contributed by atoms with Crippen LogP contribution in [-0.2, 0) is 19.3 Å². The molecule has 0 aliphatic rings. The minimum atomic E-state index is -4.45. The van der Waals surface area contributed by atoms with Crippen molar-refractivity contribution in [1.29, 1.82) is 0 Å². The molecular formula is C13H14F3N3. The van der Waals surface area contributed by atoms with Crippen LogP contribution in [0.15, 0.2) is 30.5 Å². The highest BCUT2D eigenvalue weighted by Gasteiger charge is 2.37. The lowest BCUT2D eigenvalue weighted by molar-refractivity contribution is -0.144. The Morgan fingerprint density at radius 2 is 2.05 bits per heavy atom. The van der Waals surface area contributed by atoms with Gasteiger partial charge in [-0.05, 0) is 12.5 Å². The minimum absolute atomic E-state index is 0.0140. The lowest BCUT2D eigenvalue weighted by Gasteiger charge is -2.12. The number of alkyl halides is 3. The van der Waals surface area contributed by atoms with Gasteiger partial charge >= 0.3 is 6.18 Å². The van der Waals surface area contributed by atoms with Crippen molar-refractivity contribution in [1.82, 2.24) is 9.78 Å². The van der Waals surface area contributed by atoms with Crippen LogP contribution in [0.1, 0.15) is 22.4 Å². The Labute approximate surface area is 108 Å².